The fourth-order valence-corrected chi connectivity index (χ4v) is 4.27. The number of nitrogens with zero attached hydrogens (tertiary/aromatic N) is 2. The Morgan fingerprint density at radius 2 is 1.67 bits per heavy atom. The van der Waals surface area contributed by atoms with E-state index in [1.165, 1.54) is 12.1 Å². The van der Waals surface area contributed by atoms with Crippen LogP contribution in [0.1, 0.15) is 38.5 Å². The molecule has 1 aromatic rings. The Morgan fingerprint density at radius 3 is 2.22 bits per heavy atom. The van der Waals surface area contributed by atoms with Crippen LogP contribution < -0.4 is 4.74 Å². The van der Waals surface area contributed by atoms with E-state index in [2.05, 4.69) is 6.19 Å². The Morgan fingerprint density at radius 1 is 1.07 bits per heavy atom. The molecule has 1 aliphatic carbocycles. The van der Waals surface area contributed by atoms with E-state index in [1.54, 1.807) is 4.90 Å². The van der Waals surface area contributed by atoms with Gasteiger partial charge in [-0.05, 0) is 56.7 Å². The highest BCUT2D eigenvalue weighted by Crippen LogP contribution is 2.29. The largest absolute Gasteiger partial charge is 0.487 e. The highest BCUT2D eigenvalue weighted by atomic mass is 32.2. The highest BCUT2D eigenvalue weighted by molar-refractivity contribution is 7.90. The first-order chi connectivity index (χ1) is 12.8. The summed E-state index contributed by atoms with van der Waals surface area (Å²) in [6.07, 6.45) is 8.52. The summed E-state index contributed by atoms with van der Waals surface area (Å²) >= 11 is 0. The van der Waals surface area contributed by atoms with Gasteiger partial charge in [-0.2, -0.15) is 5.26 Å². The second-order valence-electron chi connectivity index (χ2n) is 7.30. The Hall–Kier alpha value is -1.85. The van der Waals surface area contributed by atoms with Crippen molar-refractivity contribution in [1.82, 2.24) is 4.90 Å². The van der Waals surface area contributed by atoms with Crippen molar-refractivity contribution in [1.29, 1.82) is 5.26 Å². The molecule has 1 aromatic carbocycles. The molecule has 3 rings (SSSR count). The molecule has 0 amide bonds. The van der Waals surface area contributed by atoms with Crippen LogP contribution in [0.25, 0.3) is 0 Å². The van der Waals surface area contributed by atoms with E-state index in [-0.39, 0.29) is 29.0 Å². The van der Waals surface area contributed by atoms with E-state index in [9.17, 15) is 12.8 Å². The molecule has 0 atom stereocenters. The van der Waals surface area contributed by atoms with E-state index in [0.717, 1.165) is 63.9 Å². The summed E-state index contributed by atoms with van der Waals surface area (Å²) in [6.45, 7) is 1.50. The number of hydrogen-bond acceptors (Lipinski definition) is 6. The van der Waals surface area contributed by atoms with Crippen LogP contribution in [0, 0.1) is 17.3 Å². The predicted octanol–water partition coefficient (Wildman–Crippen LogP) is 2.88. The molecule has 0 aromatic heterocycles. The van der Waals surface area contributed by atoms with Crippen molar-refractivity contribution >= 4 is 9.84 Å². The number of nitriles is 1. The Balaban J connectivity index is 1.47. The first-order valence-electron chi connectivity index (χ1n) is 9.31. The zero-order valence-corrected chi connectivity index (χ0v) is 16.3. The minimum absolute atomic E-state index is 0.0492. The van der Waals surface area contributed by atoms with E-state index < -0.39 is 15.7 Å². The summed E-state index contributed by atoms with van der Waals surface area (Å²) in [5.74, 6) is -0.559. The van der Waals surface area contributed by atoms with Gasteiger partial charge in [-0.1, -0.05) is 0 Å². The summed E-state index contributed by atoms with van der Waals surface area (Å²) in [6, 6.07) is 3.76. The second-order valence-corrected chi connectivity index (χ2v) is 9.32. The van der Waals surface area contributed by atoms with Crippen molar-refractivity contribution in [3.8, 4) is 11.9 Å². The molecular formula is C19H25FN2O4S. The molecule has 148 valence electrons. The number of rotatable bonds is 5. The van der Waals surface area contributed by atoms with E-state index in [4.69, 9.17) is 14.7 Å². The van der Waals surface area contributed by atoms with Gasteiger partial charge in [0.1, 0.15) is 0 Å². The van der Waals surface area contributed by atoms with Crippen LogP contribution in [0.2, 0.25) is 0 Å². The summed E-state index contributed by atoms with van der Waals surface area (Å²) in [5, 5.41) is 8.89. The molecular weight excluding hydrogens is 371 g/mol. The van der Waals surface area contributed by atoms with Crippen LogP contribution in [0.4, 0.5) is 4.39 Å². The molecule has 0 radical (unpaired) electrons. The summed E-state index contributed by atoms with van der Waals surface area (Å²) in [4.78, 5) is 1.71. The first-order valence-corrected chi connectivity index (χ1v) is 11.2. The van der Waals surface area contributed by atoms with Crippen molar-refractivity contribution in [2.24, 2.45) is 0 Å². The quantitative estimate of drug-likeness (QED) is 0.712. The molecule has 2 fully saturated rings. The van der Waals surface area contributed by atoms with Gasteiger partial charge in [0.05, 0.1) is 23.2 Å². The van der Waals surface area contributed by atoms with Crippen LogP contribution in [0.3, 0.4) is 0 Å². The number of ether oxygens (including phenoxy) is 2. The average molecular weight is 396 g/mol. The van der Waals surface area contributed by atoms with Gasteiger partial charge in [0.15, 0.2) is 27.6 Å². The number of sulfone groups is 1. The maximum atomic E-state index is 14.1. The molecule has 0 spiro atoms. The van der Waals surface area contributed by atoms with Gasteiger partial charge in [-0.3, -0.25) is 0 Å². The standard InChI is InChI=1S/C19H25FN2O4S/c1-27(23,24)17-6-7-19(18(20)12-17)26-15-4-2-14(3-5-15)25-16-8-10-22(13-21)11-9-16/h6-7,12,14-16H,2-5,8-11H2,1H3/t14-,15-. The van der Waals surface area contributed by atoms with Crippen LogP contribution in [-0.2, 0) is 14.6 Å². The third-order valence-corrected chi connectivity index (χ3v) is 6.32. The lowest BCUT2D eigenvalue weighted by Gasteiger charge is -2.34. The number of halogens is 1. The van der Waals surface area contributed by atoms with Crippen LogP contribution >= 0.6 is 0 Å². The van der Waals surface area contributed by atoms with E-state index in [0.29, 0.717) is 0 Å². The number of hydrogen-bond donors (Lipinski definition) is 0. The Kier molecular flexibility index (Phi) is 6.22. The molecule has 1 saturated heterocycles. The Bertz CT molecular complexity index is 792. The molecule has 1 heterocycles. The number of piperidine rings is 1. The third kappa shape index (κ3) is 5.33. The monoisotopic (exact) mass is 396 g/mol. The predicted molar refractivity (Wildman–Crippen MR) is 97.5 cm³/mol. The Labute approximate surface area is 159 Å². The third-order valence-electron chi connectivity index (χ3n) is 5.21. The fraction of sp³-hybridized carbons (Fsp3) is 0.632. The van der Waals surface area contributed by atoms with Gasteiger partial charge in [-0.25, -0.2) is 12.8 Å². The topological polar surface area (TPSA) is 79.6 Å². The number of likely N-dealkylation sites (tertiary alicyclic amines) is 1. The number of benzene rings is 1. The van der Waals surface area contributed by atoms with Gasteiger partial charge in [-0.15, -0.1) is 0 Å². The van der Waals surface area contributed by atoms with Gasteiger partial charge >= 0.3 is 0 Å². The fourth-order valence-electron chi connectivity index (χ4n) is 3.64. The van der Waals surface area contributed by atoms with Crippen LogP contribution in [-0.4, -0.2) is 51.0 Å². The smallest absolute Gasteiger partial charge is 0.179 e. The van der Waals surface area contributed by atoms with Gasteiger partial charge < -0.3 is 14.4 Å². The van der Waals surface area contributed by atoms with Crippen molar-refractivity contribution in [3.63, 3.8) is 0 Å². The SMILES string of the molecule is CS(=O)(=O)c1ccc(O[C@H]2CC[C@H](OC3CCN(C#N)CC3)CC2)c(F)c1. The van der Waals surface area contributed by atoms with Crippen molar-refractivity contribution in [3.05, 3.63) is 24.0 Å². The minimum Gasteiger partial charge on any atom is -0.487 e. The van der Waals surface area contributed by atoms with Crippen molar-refractivity contribution in [2.45, 2.75) is 61.7 Å². The maximum absolute atomic E-state index is 14.1. The first kappa shape index (κ1) is 19.9. The molecule has 8 heteroatoms. The van der Waals surface area contributed by atoms with Gasteiger partial charge in [0.2, 0.25) is 0 Å². The lowest BCUT2D eigenvalue weighted by atomic mass is 9.94. The van der Waals surface area contributed by atoms with Crippen LogP contribution in [0.15, 0.2) is 23.1 Å². The van der Waals surface area contributed by atoms with E-state index >= 15 is 0 Å². The minimum atomic E-state index is -3.43. The molecule has 0 N–H and O–H groups in total. The molecule has 1 aliphatic heterocycles. The normalized spacial score (nSPS) is 24.4. The zero-order chi connectivity index (χ0) is 19.4. The summed E-state index contributed by atoms with van der Waals surface area (Å²) in [5.41, 5.74) is 0. The molecule has 6 nitrogen and oxygen atoms in total. The second kappa shape index (κ2) is 8.44. The molecule has 0 unspecified atom stereocenters. The lowest BCUT2D eigenvalue weighted by molar-refractivity contribution is -0.0623. The zero-order valence-electron chi connectivity index (χ0n) is 15.4. The average Bonchev–Trinajstić information content (AvgIpc) is 2.65. The van der Waals surface area contributed by atoms with Crippen LogP contribution in [0.5, 0.6) is 5.75 Å². The maximum Gasteiger partial charge on any atom is 0.179 e. The molecule has 27 heavy (non-hydrogen) atoms. The van der Waals surface area contributed by atoms with Crippen molar-refractivity contribution in [2.75, 3.05) is 19.3 Å². The van der Waals surface area contributed by atoms with Crippen molar-refractivity contribution < 1.29 is 22.3 Å². The molecule has 1 saturated carbocycles. The molecule has 2 aliphatic rings. The summed E-state index contributed by atoms with van der Waals surface area (Å²) < 4.78 is 49.0. The molecule has 0 bridgehead atoms. The highest BCUT2D eigenvalue weighted by Gasteiger charge is 2.27. The van der Waals surface area contributed by atoms with Gasteiger partial charge in [0, 0.05) is 19.3 Å². The van der Waals surface area contributed by atoms with E-state index in [1.807, 2.05) is 0 Å². The lowest BCUT2D eigenvalue weighted by Crippen LogP contribution is -2.37. The summed E-state index contributed by atoms with van der Waals surface area (Å²) in [7, 11) is -3.43. The van der Waals surface area contributed by atoms with Gasteiger partial charge in [0.25, 0.3) is 0 Å².